The van der Waals surface area contributed by atoms with Crippen LogP contribution in [0, 0.1) is 0 Å². The first-order valence-electron chi connectivity index (χ1n) is 8.38. The number of carbonyl (C=O) groups is 3. The molecule has 1 aromatic carbocycles. The molecule has 128 valence electrons. The minimum atomic E-state index is -0.773. The van der Waals surface area contributed by atoms with E-state index in [9.17, 15) is 14.4 Å². The third-order valence-corrected chi connectivity index (χ3v) is 5.02. The summed E-state index contributed by atoms with van der Waals surface area (Å²) in [6, 6.07) is 7.13. The predicted octanol–water partition coefficient (Wildman–Crippen LogP) is 1.85. The van der Waals surface area contributed by atoms with Crippen molar-refractivity contribution in [1.82, 2.24) is 9.80 Å². The number of hydrogen-bond acceptors (Lipinski definition) is 3. The molecule has 2 aliphatic heterocycles. The number of benzene rings is 1. The van der Waals surface area contributed by atoms with Gasteiger partial charge in [-0.05, 0) is 31.9 Å². The van der Waals surface area contributed by atoms with Crippen LogP contribution in [0.4, 0.5) is 5.69 Å². The van der Waals surface area contributed by atoms with Crippen LogP contribution in [0.2, 0.25) is 0 Å². The Morgan fingerprint density at radius 3 is 2.71 bits per heavy atom. The van der Waals surface area contributed by atoms with E-state index in [0.29, 0.717) is 30.6 Å². The second-order valence-corrected chi connectivity index (χ2v) is 6.67. The molecule has 1 saturated heterocycles. The molecule has 24 heavy (non-hydrogen) atoms. The van der Waals surface area contributed by atoms with Gasteiger partial charge in [-0.25, -0.2) is 0 Å². The quantitative estimate of drug-likeness (QED) is 0.847. The van der Waals surface area contributed by atoms with Gasteiger partial charge in [0.25, 0.3) is 5.91 Å². The Balaban J connectivity index is 1.99. The van der Waals surface area contributed by atoms with E-state index in [2.05, 4.69) is 0 Å². The largest absolute Gasteiger partial charge is 0.344 e. The Morgan fingerprint density at radius 1 is 1.29 bits per heavy atom. The first kappa shape index (κ1) is 16.5. The zero-order chi connectivity index (χ0) is 17.5. The maximum Gasteiger partial charge on any atom is 0.258 e. The summed E-state index contributed by atoms with van der Waals surface area (Å²) in [4.78, 5) is 42.8. The summed E-state index contributed by atoms with van der Waals surface area (Å²) in [5, 5.41) is 0. The van der Waals surface area contributed by atoms with Gasteiger partial charge in [-0.1, -0.05) is 19.1 Å². The standard InChI is InChI=1S/C18H23N3O3/c1-4-11-19(3)16(23)12-20-17(24)13-7-5-6-8-14(13)21-15(22)9-10-18(20,21)2/h5-8H,4,9-12H2,1-3H3. The Labute approximate surface area is 142 Å². The smallest absolute Gasteiger partial charge is 0.258 e. The normalized spacial score (nSPS) is 22.5. The number of anilines is 1. The van der Waals surface area contributed by atoms with Crippen LogP contribution in [0.1, 0.15) is 43.5 Å². The summed E-state index contributed by atoms with van der Waals surface area (Å²) in [5.74, 6) is -0.292. The Hall–Kier alpha value is -2.37. The average Bonchev–Trinajstić information content (AvgIpc) is 2.87. The molecule has 0 aliphatic carbocycles. The van der Waals surface area contributed by atoms with Gasteiger partial charge in [-0.3, -0.25) is 19.3 Å². The number of likely N-dealkylation sites (N-methyl/N-ethyl adjacent to an activating group) is 1. The van der Waals surface area contributed by atoms with E-state index in [1.165, 1.54) is 0 Å². The van der Waals surface area contributed by atoms with Crippen LogP contribution in [0.3, 0.4) is 0 Å². The van der Waals surface area contributed by atoms with Crippen molar-refractivity contribution < 1.29 is 14.4 Å². The molecule has 0 N–H and O–H groups in total. The highest BCUT2D eigenvalue weighted by atomic mass is 16.2. The lowest BCUT2D eigenvalue weighted by Gasteiger charge is -2.48. The second kappa shape index (κ2) is 5.92. The topological polar surface area (TPSA) is 60.9 Å². The Kier molecular flexibility index (Phi) is 4.07. The van der Waals surface area contributed by atoms with E-state index in [4.69, 9.17) is 0 Å². The van der Waals surface area contributed by atoms with E-state index >= 15 is 0 Å². The van der Waals surface area contributed by atoms with Crippen LogP contribution in [0.15, 0.2) is 24.3 Å². The lowest BCUT2D eigenvalue weighted by atomic mass is 9.98. The molecule has 1 atom stereocenters. The summed E-state index contributed by atoms with van der Waals surface area (Å²) in [6.45, 7) is 4.52. The molecule has 0 bridgehead atoms. The fourth-order valence-corrected chi connectivity index (χ4v) is 3.66. The molecule has 2 heterocycles. The van der Waals surface area contributed by atoms with Crippen molar-refractivity contribution in [2.75, 3.05) is 25.0 Å². The number of nitrogens with zero attached hydrogens (tertiary/aromatic N) is 3. The third-order valence-electron chi connectivity index (χ3n) is 5.02. The van der Waals surface area contributed by atoms with Crippen molar-refractivity contribution in [2.24, 2.45) is 0 Å². The van der Waals surface area contributed by atoms with E-state index in [-0.39, 0.29) is 24.3 Å². The van der Waals surface area contributed by atoms with Gasteiger partial charge in [0.2, 0.25) is 11.8 Å². The van der Waals surface area contributed by atoms with Crippen molar-refractivity contribution in [3.63, 3.8) is 0 Å². The number of rotatable bonds is 4. The van der Waals surface area contributed by atoms with Crippen LogP contribution < -0.4 is 4.90 Å². The van der Waals surface area contributed by atoms with Gasteiger partial charge in [-0.15, -0.1) is 0 Å². The van der Waals surface area contributed by atoms with Crippen LogP contribution in [-0.4, -0.2) is 53.3 Å². The van der Waals surface area contributed by atoms with Crippen molar-refractivity contribution in [3.05, 3.63) is 29.8 Å². The molecule has 6 heteroatoms. The zero-order valence-electron chi connectivity index (χ0n) is 14.4. The minimum absolute atomic E-state index is 0.00295. The molecule has 0 saturated carbocycles. The minimum Gasteiger partial charge on any atom is -0.344 e. The molecule has 0 spiro atoms. The van der Waals surface area contributed by atoms with E-state index < -0.39 is 5.66 Å². The fraction of sp³-hybridized carbons (Fsp3) is 0.500. The predicted molar refractivity (Wildman–Crippen MR) is 90.5 cm³/mol. The van der Waals surface area contributed by atoms with Crippen molar-refractivity contribution in [2.45, 2.75) is 38.8 Å². The summed E-state index contributed by atoms with van der Waals surface area (Å²) in [6.07, 6.45) is 1.78. The average molecular weight is 329 g/mol. The van der Waals surface area contributed by atoms with Gasteiger partial charge in [-0.2, -0.15) is 0 Å². The van der Waals surface area contributed by atoms with E-state index in [1.54, 1.807) is 39.9 Å². The fourth-order valence-electron chi connectivity index (χ4n) is 3.66. The molecular weight excluding hydrogens is 306 g/mol. The monoisotopic (exact) mass is 329 g/mol. The number of carbonyl (C=O) groups excluding carboxylic acids is 3. The van der Waals surface area contributed by atoms with Crippen LogP contribution in [-0.2, 0) is 9.59 Å². The number of fused-ring (bicyclic) bond motifs is 3. The van der Waals surface area contributed by atoms with Gasteiger partial charge in [0.15, 0.2) is 0 Å². The molecule has 2 aliphatic rings. The maximum atomic E-state index is 13.0. The van der Waals surface area contributed by atoms with Gasteiger partial charge in [0.05, 0.1) is 11.3 Å². The Morgan fingerprint density at radius 2 is 2.00 bits per heavy atom. The van der Waals surface area contributed by atoms with Crippen LogP contribution in [0.5, 0.6) is 0 Å². The highest BCUT2D eigenvalue weighted by Crippen LogP contribution is 2.43. The van der Waals surface area contributed by atoms with E-state index in [0.717, 1.165) is 6.42 Å². The number of hydrogen-bond donors (Lipinski definition) is 0. The number of para-hydroxylation sites is 1. The van der Waals surface area contributed by atoms with Crippen molar-refractivity contribution in [1.29, 1.82) is 0 Å². The van der Waals surface area contributed by atoms with Crippen molar-refractivity contribution in [3.8, 4) is 0 Å². The zero-order valence-corrected chi connectivity index (χ0v) is 14.4. The molecule has 1 fully saturated rings. The molecule has 1 unspecified atom stereocenters. The number of amides is 3. The SMILES string of the molecule is CCCN(C)C(=O)CN1C(=O)c2ccccc2N2C(=O)CCC12C. The molecule has 3 amide bonds. The first-order chi connectivity index (χ1) is 11.4. The Bertz CT molecular complexity index is 703. The van der Waals surface area contributed by atoms with Gasteiger partial charge in [0, 0.05) is 20.0 Å². The van der Waals surface area contributed by atoms with Gasteiger partial charge < -0.3 is 9.80 Å². The molecule has 0 aromatic heterocycles. The molecule has 6 nitrogen and oxygen atoms in total. The molecular formula is C18H23N3O3. The summed E-state index contributed by atoms with van der Waals surface area (Å²) in [5.41, 5.74) is 0.361. The maximum absolute atomic E-state index is 13.0. The molecule has 0 radical (unpaired) electrons. The summed E-state index contributed by atoms with van der Waals surface area (Å²) in [7, 11) is 1.74. The van der Waals surface area contributed by atoms with Crippen LogP contribution in [0.25, 0.3) is 0 Å². The highest BCUT2D eigenvalue weighted by Gasteiger charge is 2.53. The lowest BCUT2D eigenvalue weighted by Crippen LogP contribution is -2.63. The van der Waals surface area contributed by atoms with Crippen LogP contribution >= 0.6 is 0 Å². The molecule has 1 aromatic rings. The summed E-state index contributed by atoms with van der Waals surface area (Å²) < 4.78 is 0. The molecule has 3 rings (SSSR count). The third kappa shape index (κ3) is 2.37. The second-order valence-electron chi connectivity index (χ2n) is 6.67. The van der Waals surface area contributed by atoms with E-state index in [1.807, 2.05) is 19.9 Å². The summed E-state index contributed by atoms with van der Waals surface area (Å²) >= 11 is 0. The van der Waals surface area contributed by atoms with Gasteiger partial charge >= 0.3 is 0 Å². The lowest BCUT2D eigenvalue weighted by molar-refractivity contribution is -0.132. The highest BCUT2D eigenvalue weighted by molar-refractivity contribution is 6.11. The first-order valence-corrected chi connectivity index (χ1v) is 8.38. The van der Waals surface area contributed by atoms with Crippen molar-refractivity contribution >= 4 is 23.4 Å². The van der Waals surface area contributed by atoms with Gasteiger partial charge in [0.1, 0.15) is 12.2 Å².